The van der Waals surface area contributed by atoms with Crippen LogP contribution in [0.3, 0.4) is 0 Å². The Balaban J connectivity index is 0.00000280. The van der Waals surface area contributed by atoms with Crippen molar-refractivity contribution in [2.24, 2.45) is 5.10 Å². The Morgan fingerprint density at radius 1 is 1.18 bits per heavy atom. The van der Waals surface area contributed by atoms with Gasteiger partial charge in [0.1, 0.15) is 0 Å². The fourth-order valence-corrected chi connectivity index (χ4v) is 3.24. The summed E-state index contributed by atoms with van der Waals surface area (Å²) < 4.78 is 0.992. The minimum absolute atomic E-state index is 0. The number of fused-ring (bicyclic) bond motifs is 1. The Morgan fingerprint density at radius 2 is 1.93 bits per heavy atom. The summed E-state index contributed by atoms with van der Waals surface area (Å²) in [5.74, 6) is -0.112. The van der Waals surface area contributed by atoms with E-state index in [2.05, 4.69) is 43.3 Å². The molecule has 1 aromatic heterocycles. The van der Waals surface area contributed by atoms with Crippen LogP contribution in [0.5, 0.6) is 0 Å². The maximum absolute atomic E-state index is 11.9. The van der Waals surface area contributed by atoms with E-state index in [1.807, 2.05) is 54.7 Å². The monoisotopic (exact) mass is 442 g/mol. The summed E-state index contributed by atoms with van der Waals surface area (Å²) in [4.78, 5) is 15.1. The molecule has 3 aromatic rings. The predicted molar refractivity (Wildman–Crippen MR) is 118 cm³/mol. The van der Waals surface area contributed by atoms with Crippen LogP contribution in [0.2, 0.25) is 0 Å². The zero-order valence-corrected chi connectivity index (χ0v) is 16.9. The number of rotatable bonds is 8. The van der Waals surface area contributed by atoms with Gasteiger partial charge in [0.05, 0.1) is 6.21 Å². The quantitative estimate of drug-likeness (QED) is 0.282. The molecule has 0 saturated carbocycles. The first-order valence-corrected chi connectivity index (χ1v) is 9.50. The molecule has 7 heteroatoms. The maximum atomic E-state index is 11.9. The molecule has 1 heterocycles. The number of hydrazone groups is 1. The van der Waals surface area contributed by atoms with Crippen molar-refractivity contribution in [3.8, 4) is 0 Å². The van der Waals surface area contributed by atoms with Gasteiger partial charge in [-0.3, -0.25) is 4.79 Å². The Morgan fingerprint density at radius 3 is 2.75 bits per heavy atom. The van der Waals surface area contributed by atoms with Crippen molar-refractivity contribution in [3.63, 3.8) is 0 Å². The van der Waals surface area contributed by atoms with E-state index < -0.39 is 0 Å². The highest BCUT2D eigenvalue weighted by atomic mass is 79.9. The first kappa shape index (κ1) is 21.4. The molecule has 2 aromatic carbocycles. The number of nitrogens with one attached hydrogen (secondary N) is 3. The number of aromatic nitrogens is 1. The van der Waals surface area contributed by atoms with Crippen LogP contribution in [0.4, 0.5) is 0 Å². The molecular weight excluding hydrogens is 420 g/mol. The highest BCUT2D eigenvalue weighted by Gasteiger charge is 2.04. The zero-order valence-electron chi connectivity index (χ0n) is 15.3. The van der Waals surface area contributed by atoms with Gasteiger partial charge in [0, 0.05) is 51.4 Å². The molecule has 0 atom stereocenters. The summed E-state index contributed by atoms with van der Waals surface area (Å²) in [6.07, 6.45) is 4.61. The molecule has 28 heavy (non-hydrogen) atoms. The standard InChI is InChI=1S/C21H21BrN4O.H2O/c1-15(17-7-2-4-9-19(17)22)23-12-6-11-21(27)26-25-14-16-13-24-20-10-5-3-8-18(16)20;/h2-5,7-10,13-14,23-24H,1,6,11-12H2,(H,26,27);1H2/b25-14-;. The second-order valence-electron chi connectivity index (χ2n) is 6.07. The molecule has 0 radical (unpaired) electrons. The van der Waals surface area contributed by atoms with Gasteiger partial charge in [-0.25, -0.2) is 5.43 Å². The van der Waals surface area contributed by atoms with Crippen molar-refractivity contribution in [2.75, 3.05) is 6.54 Å². The van der Waals surface area contributed by atoms with Crippen LogP contribution in [0.25, 0.3) is 16.6 Å². The number of benzene rings is 2. The lowest BCUT2D eigenvalue weighted by molar-refractivity contribution is -0.121. The Hall–Kier alpha value is -2.90. The fraction of sp³-hybridized carbons (Fsp3) is 0.143. The number of aromatic amines is 1. The Kier molecular flexibility index (Phi) is 7.98. The smallest absolute Gasteiger partial charge is 0.240 e. The second-order valence-corrected chi connectivity index (χ2v) is 6.93. The number of para-hydroxylation sites is 1. The summed E-state index contributed by atoms with van der Waals surface area (Å²) in [6, 6.07) is 15.8. The average molecular weight is 443 g/mol. The van der Waals surface area contributed by atoms with Crippen LogP contribution in [-0.4, -0.2) is 29.1 Å². The first-order valence-electron chi connectivity index (χ1n) is 8.71. The van der Waals surface area contributed by atoms with Gasteiger partial charge in [-0.05, 0) is 18.6 Å². The summed E-state index contributed by atoms with van der Waals surface area (Å²) in [5, 5.41) is 8.37. The minimum atomic E-state index is -0.112. The highest BCUT2D eigenvalue weighted by molar-refractivity contribution is 9.10. The number of carbonyl (C=O) groups excluding carboxylic acids is 1. The van der Waals surface area contributed by atoms with Crippen molar-refractivity contribution >= 4 is 44.7 Å². The minimum Gasteiger partial charge on any atom is -0.412 e. The SMILES string of the molecule is C=C(NCCCC(=O)N/N=C\c1c[nH]c2ccccc12)c1ccccc1Br.O. The summed E-state index contributed by atoms with van der Waals surface area (Å²) in [7, 11) is 0. The molecule has 0 spiro atoms. The average Bonchev–Trinajstić information content (AvgIpc) is 3.09. The molecule has 0 aliphatic carbocycles. The van der Waals surface area contributed by atoms with Crippen LogP contribution in [-0.2, 0) is 4.79 Å². The van der Waals surface area contributed by atoms with E-state index in [1.165, 1.54) is 0 Å². The van der Waals surface area contributed by atoms with Crippen LogP contribution < -0.4 is 10.7 Å². The zero-order chi connectivity index (χ0) is 19.1. The third-order valence-corrected chi connectivity index (χ3v) is 4.82. The van der Waals surface area contributed by atoms with Crippen molar-refractivity contribution in [1.29, 1.82) is 0 Å². The summed E-state index contributed by atoms with van der Waals surface area (Å²) >= 11 is 3.51. The van der Waals surface area contributed by atoms with Crippen LogP contribution in [0, 0.1) is 0 Å². The van der Waals surface area contributed by atoms with Gasteiger partial charge < -0.3 is 15.8 Å². The highest BCUT2D eigenvalue weighted by Crippen LogP contribution is 2.21. The van der Waals surface area contributed by atoms with Gasteiger partial charge in [0.2, 0.25) is 5.91 Å². The van der Waals surface area contributed by atoms with Crippen molar-refractivity contribution in [1.82, 2.24) is 15.7 Å². The third kappa shape index (κ3) is 5.55. The van der Waals surface area contributed by atoms with Crippen molar-refractivity contribution in [2.45, 2.75) is 12.8 Å². The number of halogens is 1. The van der Waals surface area contributed by atoms with Crippen LogP contribution >= 0.6 is 15.9 Å². The topological polar surface area (TPSA) is 101 Å². The predicted octanol–water partition coefficient (Wildman–Crippen LogP) is 3.60. The van der Waals surface area contributed by atoms with Crippen molar-refractivity contribution < 1.29 is 10.3 Å². The number of amides is 1. The molecule has 3 rings (SSSR count). The Labute approximate surface area is 172 Å². The second kappa shape index (κ2) is 10.4. The van der Waals surface area contributed by atoms with E-state index >= 15 is 0 Å². The molecule has 5 N–H and O–H groups in total. The fourth-order valence-electron chi connectivity index (χ4n) is 2.72. The van der Waals surface area contributed by atoms with E-state index in [0.29, 0.717) is 19.4 Å². The molecule has 0 aliphatic heterocycles. The summed E-state index contributed by atoms with van der Waals surface area (Å²) in [6.45, 7) is 4.70. The molecule has 0 fully saturated rings. The van der Waals surface area contributed by atoms with Gasteiger partial charge in [-0.15, -0.1) is 0 Å². The molecular formula is C21H23BrN4O2. The maximum Gasteiger partial charge on any atom is 0.240 e. The number of nitrogens with zero attached hydrogens (tertiary/aromatic N) is 1. The van der Waals surface area contributed by atoms with Gasteiger partial charge in [0.15, 0.2) is 0 Å². The van der Waals surface area contributed by atoms with E-state index in [-0.39, 0.29) is 11.4 Å². The third-order valence-electron chi connectivity index (χ3n) is 4.13. The molecule has 1 amide bonds. The van der Waals surface area contributed by atoms with E-state index in [4.69, 9.17) is 0 Å². The molecule has 0 bridgehead atoms. The summed E-state index contributed by atoms with van der Waals surface area (Å²) in [5.41, 5.74) is 6.41. The number of H-pyrrole nitrogens is 1. The van der Waals surface area contributed by atoms with Crippen LogP contribution in [0.1, 0.15) is 24.0 Å². The van der Waals surface area contributed by atoms with E-state index in [9.17, 15) is 4.79 Å². The molecule has 6 nitrogen and oxygen atoms in total. The number of hydrogen-bond acceptors (Lipinski definition) is 3. The molecule has 0 unspecified atom stereocenters. The molecule has 0 aliphatic rings. The molecule has 0 saturated heterocycles. The first-order chi connectivity index (χ1) is 13.1. The lowest BCUT2D eigenvalue weighted by Gasteiger charge is -2.10. The number of hydrogen-bond donors (Lipinski definition) is 3. The van der Waals surface area contributed by atoms with Gasteiger partial charge in [-0.1, -0.05) is 58.9 Å². The van der Waals surface area contributed by atoms with Gasteiger partial charge in [0.25, 0.3) is 0 Å². The largest absolute Gasteiger partial charge is 0.412 e. The van der Waals surface area contributed by atoms with Gasteiger partial charge >= 0.3 is 0 Å². The molecule has 146 valence electrons. The van der Waals surface area contributed by atoms with Gasteiger partial charge in [-0.2, -0.15) is 5.10 Å². The van der Waals surface area contributed by atoms with E-state index in [0.717, 1.165) is 32.2 Å². The number of carbonyl (C=O) groups is 1. The Bertz CT molecular complexity index is 981. The normalized spacial score (nSPS) is 10.6. The lowest BCUT2D eigenvalue weighted by Crippen LogP contribution is -2.20. The lowest BCUT2D eigenvalue weighted by atomic mass is 10.2. The van der Waals surface area contributed by atoms with Crippen LogP contribution in [0.15, 0.2) is 70.9 Å². The van der Waals surface area contributed by atoms with Crippen molar-refractivity contribution in [3.05, 3.63) is 76.9 Å². The van der Waals surface area contributed by atoms with E-state index in [1.54, 1.807) is 6.21 Å².